The minimum absolute atomic E-state index is 0.0757. The number of benzene rings is 1. The molecule has 7 heteroatoms. The van der Waals surface area contributed by atoms with E-state index in [1.807, 2.05) is 6.92 Å². The third kappa shape index (κ3) is 4.52. The molecule has 0 saturated carbocycles. The number of carbonyl (C=O) groups excluding carboxylic acids is 4. The summed E-state index contributed by atoms with van der Waals surface area (Å²) in [5, 5.41) is 10.0. The van der Waals surface area contributed by atoms with E-state index < -0.39 is 35.1 Å². The summed E-state index contributed by atoms with van der Waals surface area (Å²) in [6.45, 7) is 4.99. The highest BCUT2D eigenvalue weighted by atomic mass is 16.5. The summed E-state index contributed by atoms with van der Waals surface area (Å²) in [7, 11) is 0. The maximum atomic E-state index is 12.0. The number of Topliss-reactive ketones (excluding diaryl/α,β-unsaturated/α-hetero) is 1. The van der Waals surface area contributed by atoms with E-state index in [4.69, 9.17) is 5.73 Å². The molecule has 0 aliphatic rings. The topological polar surface area (TPSA) is 124 Å². The molecule has 0 aromatic heterocycles. The first kappa shape index (κ1) is 19.1. The molecule has 128 valence electrons. The third-order valence-corrected chi connectivity index (χ3v) is 3.24. The smallest absolute Gasteiger partial charge is 0.326 e. The lowest BCUT2D eigenvalue weighted by Crippen LogP contribution is -2.40. The van der Waals surface area contributed by atoms with Gasteiger partial charge in [0.15, 0.2) is 0 Å². The van der Waals surface area contributed by atoms with E-state index in [1.165, 1.54) is 6.92 Å². The van der Waals surface area contributed by atoms with Crippen LogP contribution in [-0.4, -0.2) is 35.2 Å². The molecule has 1 rings (SSSR count). The summed E-state index contributed by atoms with van der Waals surface area (Å²) in [4.78, 5) is 46.8. The van der Waals surface area contributed by atoms with Crippen molar-refractivity contribution in [1.29, 1.82) is 0 Å². The highest BCUT2D eigenvalue weighted by molar-refractivity contribution is 6.49. The lowest BCUT2D eigenvalue weighted by Gasteiger charge is -2.10. The SMILES string of the molecule is CCOC(=O)[C@H](C(N)=O)C(=O)C(=O)C=C(O)c1ccc(C)cc1C. The Morgan fingerprint density at radius 1 is 1.25 bits per heavy atom. The number of esters is 1. The number of ether oxygens (including phenoxy) is 1. The number of amides is 1. The zero-order valence-electron chi connectivity index (χ0n) is 13.7. The van der Waals surface area contributed by atoms with Crippen LogP contribution in [0.5, 0.6) is 0 Å². The van der Waals surface area contributed by atoms with Crippen LogP contribution < -0.4 is 5.73 Å². The Morgan fingerprint density at radius 2 is 1.88 bits per heavy atom. The second-order valence-corrected chi connectivity index (χ2v) is 5.16. The first-order valence-corrected chi connectivity index (χ1v) is 7.21. The number of aliphatic hydroxyl groups is 1. The molecule has 0 heterocycles. The Hall–Kier alpha value is -2.96. The molecular formula is C17H19NO6. The zero-order valence-corrected chi connectivity index (χ0v) is 13.7. The molecule has 1 aromatic rings. The minimum Gasteiger partial charge on any atom is -0.507 e. The molecule has 0 aliphatic carbocycles. The summed E-state index contributed by atoms with van der Waals surface area (Å²) >= 11 is 0. The summed E-state index contributed by atoms with van der Waals surface area (Å²) in [5.41, 5.74) is 7.00. The van der Waals surface area contributed by atoms with Gasteiger partial charge >= 0.3 is 5.97 Å². The molecule has 7 nitrogen and oxygen atoms in total. The quantitative estimate of drug-likeness (QED) is 0.252. The lowest BCUT2D eigenvalue weighted by molar-refractivity contribution is -0.156. The number of primary amides is 1. The number of aliphatic hydroxyl groups excluding tert-OH is 1. The van der Waals surface area contributed by atoms with Crippen molar-refractivity contribution in [3.63, 3.8) is 0 Å². The molecule has 0 bridgehead atoms. The average Bonchev–Trinajstić information content (AvgIpc) is 2.46. The molecular weight excluding hydrogens is 314 g/mol. The minimum atomic E-state index is -2.03. The van der Waals surface area contributed by atoms with Gasteiger partial charge in [0.05, 0.1) is 6.61 Å². The van der Waals surface area contributed by atoms with Crippen LogP contribution in [0, 0.1) is 19.8 Å². The van der Waals surface area contributed by atoms with Crippen LogP contribution in [0.1, 0.15) is 23.6 Å². The fraction of sp³-hybridized carbons (Fsp3) is 0.294. The van der Waals surface area contributed by atoms with Crippen molar-refractivity contribution in [3.05, 3.63) is 41.0 Å². The van der Waals surface area contributed by atoms with Crippen molar-refractivity contribution >= 4 is 29.2 Å². The van der Waals surface area contributed by atoms with Crippen LogP contribution in [0.3, 0.4) is 0 Å². The zero-order chi connectivity index (χ0) is 18.4. The second kappa shape index (κ2) is 8.05. The van der Waals surface area contributed by atoms with Gasteiger partial charge < -0.3 is 15.6 Å². The summed E-state index contributed by atoms with van der Waals surface area (Å²) in [6.07, 6.45) is 0.662. The van der Waals surface area contributed by atoms with Gasteiger partial charge in [-0.2, -0.15) is 0 Å². The van der Waals surface area contributed by atoms with E-state index in [0.717, 1.165) is 5.56 Å². The molecule has 0 fully saturated rings. The van der Waals surface area contributed by atoms with Gasteiger partial charge in [0.1, 0.15) is 5.76 Å². The van der Waals surface area contributed by atoms with Crippen LogP contribution in [0.4, 0.5) is 0 Å². The molecule has 0 unspecified atom stereocenters. The lowest BCUT2D eigenvalue weighted by atomic mass is 9.98. The molecule has 1 aromatic carbocycles. The summed E-state index contributed by atoms with van der Waals surface area (Å²) in [5.74, 6) is -7.52. The maximum absolute atomic E-state index is 12.0. The van der Waals surface area contributed by atoms with E-state index in [2.05, 4.69) is 4.74 Å². The fourth-order valence-electron chi connectivity index (χ4n) is 2.09. The van der Waals surface area contributed by atoms with Crippen molar-refractivity contribution in [1.82, 2.24) is 0 Å². The van der Waals surface area contributed by atoms with Gasteiger partial charge in [0.2, 0.25) is 23.4 Å². The average molecular weight is 333 g/mol. The summed E-state index contributed by atoms with van der Waals surface area (Å²) < 4.78 is 4.56. The van der Waals surface area contributed by atoms with Crippen LogP contribution in [-0.2, 0) is 23.9 Å². The van der Waals surface area contributed by atoms with E-state index >= 15 is 0 Å². The predicted molar refractivity (Wildman–Crippen MR) is 85.9 cm³/mol. The normalized spacial score (nSPS) is 12.4. The largest absolute Gasteiger partial charge is 0.507 e. The van der Waals surface area contributed by atoms with E-state index in [1.54, 1.807) is 25.1 Å². The first-order valence-electron chi connectivity index (χ1n) is 7.21. The molecule has 0 radical (unpaired) electrons. The van der Waals surface area contributed by atoms with Gasteiger partial charge in [-0.1, -0.05) is 23.8 Å². The monoisotopic (exact) mass is 333 g/mol. The fourth-order valence-corrected chi connectivity index (χ4v) is 2.09. The number of allylic oxidation sites excluding steroid dienone is 1. The van der Waals surface area contributed by atoms with Crippen LogP contribution in [0.2, 0.25) is 0 Å². The Bertz CT molecular complexity index is 720. The molecule has 24 heavy (non-hydrogen) atoms. The molecule has 0 spiro atoms. The number of nitrogens with two attached hydrogens (primary N) is 1. The second-order valence-electron chi connectivity index (χ2n) is 5.16. The van der Waals surface area contributed by atoms with Gasteiger partial charge in [0, 0.05) is 11.6 Å². The number of aryl methyl sites for hydroxylation is 2. The van der Waals surface area contributed by atoms with E-state index in [0.29, 0.717) is 17.2 Å². The highest BCUT2D eigenvalue weighted by Crippen LogP contribution is 2.18. The number of carbonyl (C=O) groups is 4. The standard InChI is InChI=1S/C17H19NO6/c1-4-24-17(23)14(16(18)22)15(21)13(20)8-12(19)11-6-5-9(2)7-10(11)3/h5-8,14,19H,4H2,1-3H3,(H2,18,22)/t14-/m0/s1. The van der Waals surface area contributed by atoms with Gasteiger partial charge in [-0.05, 0) is 26.3 Å². The number of hydrogen-bond donors (Lipinski definition) is 2. The Kier molecular flexibility index (Phi) is 6.40. The molecule has 1 amide bonds. The Morgan fingerprint density at radius 3 is 2.38 bits per heavy atom. The van der Waals surface area contributed by atoms with Crippen LogP contribution >= 0.6 is 0 Å². The van der Waals surface area contributed by atoms with E-state index in [-0.39, 0.29) is 6.61 Å². The third-order valence-electron chi connectivity index (χ3n) is 3.24. The van der Waals surface area contributed by atoms with Gasteiger partial charge in [0.25, 0.3) is 0 Å². The van der Waals surface area contributed by atoms with Gasteiger partial charge in [-0.25, -0.2) is 0 Å². The Labute approximate surface area is 139 Å². The van der Waals surface area contributed by atoms with Crippen LogP contribution in [0.25, 0.3) is 5.76 Å². The van der Waals surface area contributed by atoms with Crippen molar-refractivity contribution in [2.24, 2.45) is 11.7 Å². The van der Waals surface area contributed by atoms with Gasteiger partial charge in [-0.15, -0.1) is 0 Å². The maximum Gasteiger partial charge on any atom is 0.326 e. The van der Waals surface area contributed by atoms with Crippen molar-refractivity contribution in [2.45, 2.75) is 20.8 Å². The predicted octanol–water partition coefficient (Wildman–Crippen LogP) is 1.01. The van der Waals surface area contributed by atoms with Crippen molar-refractivity contribution in [3.8, 4) is 0 Å². The molecule has 1 atom stereocenters. The number of hydrogen-bond acceptors (Lipinski definition) is 6. The first-order chi connectivity index (χ1) is 11.2. The highest BCUT2D eigenvalue weighted by Gasteiger charge is 2.37. The van der Waals surface area contributed by atoms with Crippen molar-refractivity contribution < 1.29 is 29.0 Å². The van der Waals surface area contributed by atoms with Crippen LogP contribution in [0.15, 0.2) is 24.3 Å². The van der Waals surface area contributed by atoms with Crippen molar-refractivity contribution in [2.75, 3.05) is 6.61 Å². The van der Waals surface area contributed by atoms with Gasteiger partial charge in [-0.3, -0.25) is 19.2 Å². The molecule has 0 aliphatic heterocycles. The molecule has 3 N–H and O–H groups in total. The number of rotatable bonds is 7. The number of ketones is 2. The Balaban J connectivity index is 3.08. The van der Waals surface area contributed by atoms with E-state index in [9.17, 15) is 24.3 Å². The summed E-state index contributed by atoms with van der Waals surface area (Å²) in [6, 6.07) is 5.10. The molecule has 0 saturated heterocycles.